The van der Waals surface area contributed by atoms with Crippen LogP contribution in [0.2, 0.25) is 0 Å². The number of likely N-dealkylation sites (tertiary alicyclic amines) is 1. The van der Waals surface area contributed by atoms with Gasteiger partial charge in [0.25, 0.3) is 5.91 Å². The number of carbonyl (C=O) groups is 4. The lowest BCUT2D eigenvalue weighted by molar-refractivity contribution is -0.157. The molecule has 1 heterocycles. The Labute approximate surface area is 181 Å². The summed E-state index contributed by atoms with van der Waals surface area (Å²) < 4.78 is 5.31. The molecule has 1 saturated heterocycles. The van der Waals surface area contributed by atoms with Crippen LogP contribution in [0.15, 0.2) is 54.6 Å². The van der Waals surface area contributed by atoms with E-state index in [9.17, 15) is 19.2 Å². The SMILES string of the molecule is CC(=O)c1ccc(NC(=O)[C@H](C)OC(=O)[C@H]2CC(=O)N(CCc3ccccc3)C2)cc1. The van der Waals surface area contributed by atoms with Crippen molar-refractivity contribution in [1.29, 1.82) is 0 Å². The first-order valence-electron chi connectivity index (χ1n) is 10.3. The van der Waals surface area contributed by atoms with Crippen LogP contribution in [0.3, 0.4) is 0 Å². The number of Topliss-reactive ketones (excluding diaryl/α,β-unsaturated/α-hetero) is 1. The van der Waals surface area contributed by atoms with Gasteiger partial charge in [-0.25, -0.2) is 0 Å². The predicted octanol–water partition coefficient (Wildman–Crippen LogP) is 2.85. The molecule has 7 heteroatoms. The predicted molar refractivity (Wildman–Crippen MR) is 115 cm³/mol. The van der Waals surface area contributed by atoms with Gasteiger partial charge in [0.05, 0.1) is 5.92 Å². The Hall–Kier alpha value is -3.48. The maximum Gasteiger partial charge on any atom is 0.312 e. The highest BCUT2D eigenvalue weighted by Crippen LogP contribution is 2.21. The fraction of sp³-hybridized carbons (Fsp3) is 0.333. The minimum atomic E-state index is -1.01. The van der Waals surface area contributed by atoms with E-state index < -0.39 is 23.9 Å². The summed E-state index contributed by atoms with van der Waals surface area (Å²) >= 11 is 0. The molecule has 1 aliphatic heterocycles. The molecule has 2 aromatic rings. The molecule has 162 valence electrons. The topological polar surface area (TPSA) is 92.8 Å². The van der Waals surface area contributed by atoms with Gasteiger partial charge >= 0.3 is 5.97 Å². The lowest BCUT2D eigenvalue weighted by atomic mass is 10.1. The number of nitrogens with zero attached hydrogens (tertiary/aromatic N) is 1. The van der Waals surface area contributed by atoms with Crippen molar-refractivity contribution < 1.29 is 23.9 Å². The molecule has 7 nitrogen and oxygen atoms in total. The largest absolute Gasteiger partial charge is 0.452 e. The third kappa shape index (κ3) is 6.01. The van der Waals surface area contributed by atoms with Crippen LogP contribution in [0, 0.1) is 5.92 Å². The maximum atomic E-state index is 12.5. The zero-order valence-electron chi connectivity index (χ0n) is 17.7. The highest BCUT2D eigenvalue weighted by atomic mass is 16.5. The van der Waals surface area contributed by atoms with Crippen molar-refractivity contribution in [1.82, 2.24) is 4.90 Å². The molecule has 1 N–H and O–H groups in total. The number of rotatable bonds is 8. The van der Waals surface area contributed by atoms with E-state index in [-0.39, 0.29) is 18.1 Å². The van der Waals surface area contributed by atoms with Crippen molar-refractivity contribution >= 4 is 29.3 Å². The first kappa shape index (κ1) is 22.2. The average molecular weight is 422 g/mol. The van der Waals surface area contributed by atoms with Crippen molar-refractivity contribution in [3.8, 4) is 0 Å². The van der Waals surface area contributed by atoms with E-state index in [2.05, 4.69) is 5.32 Å². The number of hydrogen-bond donors (Lipinski definition) is 1. The van der Waals surface area contributed by atoms with Gasteiger partial charge in [0.15, 0.2) is 11.9 Å². The van der Waals surface area contributed by atoms with Crippen molar-refractivity contribution in [2.24, 2.45) is 5.92 Å². The second-order valence-corrected chi connectivity index (χ2v) is 7.68. The molecule has 0 bridgehead atoms. The second-order valence-electron chi connectivity index (χ2n) is 7.68. The summed E-state index contributed by atoms with van der Waals surface area (Å²) in [6.07, 6.45) is -0.196. The van der Waals surface area contributed by atoms with E-state index >= 15 is 0 Å². The van der Waals surface area contributed by atoms with Crippen LogP contribution in [0.1, 0.15) is 36.2 Å². The summed E-state index contributed by atoms with van der Waals surface area (Å²) in [5.74, 6) is -1.75. The summed E-state index contributed by atoms with van der Waals surface area (Å²) in [4.78, 5) is 50.1. The zero-order chi connectivity index (χ0) is 22.4. The van der Waals surface area contributed by atoms with Gasteiger partial charge in [0.2, 0.25) is 5.91 Å². The van der Waals surface area contributed by atoms with Gasteiger partial charge in [-0.15, -0.1) is 0 Å². The van der Waals surface area contributed by atoms with Gasteiger partial charge in [0, 0.05) is 30.8 Å². The Balaban J connectivity index is 1.48. The Morgan fingerprint density at radius 3 is 2.42 bits per heavy atom. The molecule has 2 aromatic carbocycles. The minimum absolute atomic E-state index is 0.0657. The molecule has 2 atom stereocenters. The van der Waals surface area contributed by atoms with Crippen LogP contribution in [0.4, 0.5) is 5.69 Å². The lowest BCUT2D eigenvalue weighted by Crippen LogP contribution is -2.33. The van der Waals surface area contributed by atoms with E-state index in [1.165, 1.54) is 13.8 Å². The molecule has 0 spiro atoms. The Kier molecular flexibility index (Phi) is 7.18. The molecule has 0 saturated carbocycles. The second kappa shape index (κ2) is 10.0. The summed E-state index contributed by atoms with van der Waals surface area (Å²) in [5.41, 5.74) is 2.17. The van der Waals surface area contributed by atoms with Gasteiger partial charge in [-0.1, -0.05) is 30.3 Å². The minimum Gasteiger partial charge on any atom is -0.452 e. The maximum absolute atomic E-state index is 12.5. The van der Waals surface area contributed by atoms with Gasteiger partial charge in [0.1, 0.15) is 0 Å². The number of anilines is 1. The van der Waals surface area contributed by atoms with Gasteiger partial charge in [-0.3, -0.25) is 19.2 Å². The fourth-order valence-corrected chi connectivity index (χ4v) is 3.41. The van der Waals surface area contributed by atoms with Crippen molar-refractivity contribution in [2.45, 2.75) is 32.8 Å². The van der Waals surface area contributed by atoms with Crippen LogP contribution in [0.25, 0.3) is 0 Å². The number of amides is 2. The standard InChI is InChI=1S/C24H26N2O5/c1-16(27)19-8-10-21(11-9-19)25-23(29)17(2)31-24(30)20-14-22(28)26(15-20)13-12-18-6-4-3-5-7-18/h3-11,17,20H,12-15H2,1-2H3,(H,25,29)/t17-,20-/m0/s1. The van der Waals surface area contributed by atoms with Crippen molar-refractivity contribution in [3.63, 3.8) is 0 Å². The quantitative estimate of drug-likeness (QED) is 0.522. The van der Waals surface area contributed by atoms with Crippen molar-refractivity contribution in [3.05, 3.63) is 65.7 Å². The third-order valence-electron chi connectivity index (χ3n) is 5.28. The van der Waals surface area contributed by atoms with Gasteiger partial charge in [-0.05, 0) is 50.1 Å². The summed E-state index contributed by atoms with van der Waals surface area (Å²) in [5, 5.41) is 2.65. The molecule has 0 aromatic heterocycles. The van der Waals surface area contributed by atoms with E-state index in [1.54, 1.807) is 29.2 Å². The monoisotopic (exact) mass is 422 g/mol. The number of carbonyl (C=O) groups excluding carboxylic acids is 4. The number of ether oxygens (including phenoxy) is 1. The number of hydrogen-bond acceptors (Lipinski definition) is 5. The first-order valence-corrected chi connectivity index (χ1v) is 10.3. The fourth-order valence-electron chi connectivity index (χ4n) is 3.41. The summed E-state index contributed by atoms with van der Waals surface area (Å²) in [7, 11) is 0. The van der Waals surface area contributed by atoms with E-state index in [4.69, 9.17) is 4.74 Å². The lowest BCUT2D eigenvalue weighted by Gasteiger charge is -2.18. The molecule has 0 radical (unpaired) electrons. The molecule has 1 aliphatic rings. The number of ketones is 1. The molecule has 0 aliphatic carbocycles. The molecule has 1 fully saturated rings. The van der Waals surface area contributed by atoms with Gasteiger partial charge < -0.3 is 15.0 Å². The molecule has 3 rings (SSSR count). The molecule has 0 unspecified atom stereocenters. The average Bonchev–Trinajstić information content (AvgIpc) is 3.14. The van der Waals surface area contributed by atoms with Crippen molar-refractivity contribution in [2.75, 3.05) is 18.4 Å². The normalized spacial score (nSPS) is 16.6. The van der Waals surface area contributed by atoms with Crippen LogP contribution in [0.5, 0.6) is 0 Å². The Morgan fingerprint density at radius 1 is 1.10 bits per heavy atom. The smallest absolute Gasteiger partial charge is 0.312 e. The van der Waals surface area contributed by atoms with E-state index in [0.29, 0.717) is 24.3 Å². The molecule has 31 heavy (non-hydrogen) atoms. The van der Waals surface area contributed by atoms with Crippen LogP contribution >= 0.6 is 0 Å². The van der Waals surface area contributed by atoms with Crippen LogP contribution in [-0.4, -0.2) is 47.7 Å². The Morgan fingerprint density at radius 2 is 1.77 bits per heavy atom. The van der Waals surface area contributed by atoms with Gasteiger partial charge in [-0.2, -0.15) is 0 Å². The number of nitrogens with one attached hydrogen (secondary N) is 1. The highest BCUT2D eigenvalue weighted by molar-refractivity contribution is 5.97. The molecular weight excluding hydrogens is 396 g/mol. The third-order valence-corrected chi connectivity index (χ3v) is 5.28. The van der Waals surface area contributed by atoms with Crippen LogP contribution < -0.4 is 5.32 Å². The first-order chi connectivity index (χ1) is 14.8. The van der Waals surface area contributed by atoms with E-state index in [1.807, 2.05) is 30.3 Å². The zero-order valence-corrected chi connectivity index (χ0v) is 17.7. The highest BCUT2D eigenvalue weighted by Gasteiger charge is 2.36. The number of benzene rings is 2. The van der Waals surface area contributed by atoms with E-state index in [0.717, 1.165) is 12.0 Å². The Bertz CT molecular complexity index is 956. The number of esters is 1. The summed E-state index contributed by atoms with van der Waals surface area (Å²) in [6.45, 7) is 3.79. The molecule has 2 amide bonds. The van der Waals surface area contributed by atoms with Crippen LogP contribution in [-0.2, 0) is 25.5 Å². The summed E-state index contributed by atoms with van der Waals surface area (Å²) in [6, 6.07) is 16.3. The molecular formula is C24H26N2O5.